The van der Waals surface area contributed by atoms with E-state index < -0.39 is 23.8 Å². The van der Waals surface area contributed by atoms with E-state index >= 15 is 0 Å². The van der Waals surface area contributed by atoms with Crippen LogP contribution in [0, 0.1) is 5.92 Å². The van der Waals surface area contributed by atoms with Gasteiger partial charge in [0.25, 0.3) is 0 Å². The topological polar surface area (TPSA) is 108 Å². The first kappa shape index (κ1) is 26.5. The number of carbonyl (C=O) groups excluding carboxylic acids is 2. The average Bonchev–Trinajstić information content (AvgIpc) is 2.92. The van der Waals surface area contributed by atoms with E-state index in [-0.39, 0.29) is 5.57 Å². The van der Waals surface area contributed by atoms with Crippen molar-refractivity contribution in [1.82, 2.24) is 0 Å². The van der Waals surface area contributed by atoms with E-state index in [9.17, 15) is 9.59 Å². The Morgan fingerprint density at radius 3 is 1.61 bits per heavy atom. The number of carbonyl (C=O) groups is 2. The van der Waals surface area contributed by atoms with Crippen molar-refractivity contribution >= 4 is 18.0 Å². The summed E-state index contributed by atoms with van der Waals surface area (Å²) in [6, 6.07) is 5.13. The van der Waals surface area contributed by atoms with Crippen LogP contribution in [0.2, 0.25) is 0 Å². The molecule has 0 aromatic heterocycles. The summed E-state index contributed by atoms with van der Waals surface area (Å²) in [6.45, 7) is 0. The number of hydrogen-bond donors (Lipinski definition) is 0. The van der Waals surface area contributed by atoms with Gasteiger partial charge >= 0.3 is 11.9 Å². The van der Waals surface area contributed by atoms with E-state index in [2.05, 4.69) is 0 Å². The third-order valence-electron chi connectivity index (χ3n) is 6.11. The number of hydrogen-bond acceptors (Lipinski definition) is 10. The summed E-state index contributed by atoms with van der Waals surface area (Å²) in [5.74, 6) is -1.06. The molecule has 3 rings (SSSR count). The molecule has 36 heavy (non-hydrogen) atoms. The van der Waals surface area contributed by atoms with Crippen LogP contribution < -0.4 is 28.4 Å². The zero-order valence-electron chi connectivity index (χ0n) is 21.5. The Bertz CT molecular complexity index is 1160. The molecule has 0 amide bonds. The second kappa shape index (κ2) is 11.1. The van der Waals surface area contributed by atoms with Gasteiger partial charge in [-0.1, -0.05) is 0 Å². The number of ether oxygens (including phenoxy) is 8. The lowest BCUT2D eigenvalue weighted by atomic mass is 9.70. The van der Waals surface area contributed by atoms with E-state index in [1.165, 1.54) is 56.9 Å². The quantitative estimate of drug-likeness (QED) is 0.474. The molecule has 0 aliphatic heterocycles. The minimum Gasteiger partial charge on any atom is -0.493 e. The number of fused-ring (bicyclic) bond motifs is 1. The molecule has 0 saturated heterocycles. The van der Waals surface area contributed by atoms with Crippen molar-refractivity contribution < 1.29 is 47.5 Å². The fourth-order valence-corrected chi connectivity index (χ4v) is 4.57. The second-order valence-electron chi connectivity index (χ2n) is 7.68. The van der Waals surface area contributed by atoms with Crippen LogP contribution in [0.3, 0.4) is 0 Å². The number of esters is 2. The van der Waals surface area contributed by atoms with Crippen LogP contribution in [0.4, 0.5) is 0 Å². The van der Waals surface area contributed by atoms with Crippen molar-refractivity contribution in [3.63, 3.8) is 0 Å². The smallest absolute Gasteiger partial charge is 0.334 e. The molecule has 0 radical (unpaired) electrons. The van der Waals surface area contributed by atoms with Gasteiger partial charge < -0.3 is 37.9 Å². The van der Waals surface area contributed by atoms with Crippen LogP contribution in [-0.4, -0.2) is 68.8 Å². The molecular weight excluding hydrogens is 472 g/mol. The molecule has 0 N–H and O–H groups in total. The van der Waals surface area contributed by atoms with Crippen LogP contribution >= 0.6 is 0 Å². The fourth-order valence-electron chi connectivity index (χ4n) is 4.57. The average molecular weight is 503 g/mol. The van der Waals surface area contributed by atoms with Gasteiger partial charge in [-0.25, -0.2) is 4.79 Å². The van der Waals surface area contributed by atoms with Crippen LogP contribution in [0.15, 0.2) is 23.8 Å². The van der Waals surface area contributed by atoms with Gasteiger partial charge in [-0.2, -0.15) is 0 Å². The van der Waals surface area contributed by atoms with Crippen LogP contribution in [0.25, 0.3) is 6.08 Å². The van der Waals surface area contributed by atoms with E-state index in [0.29, 0.717) is 51.2 Å². The zero-order chi connectivity index (χ0) is 26.6. The highest BCUT2D eigenvalue weighted by atomic mass is 16.5. The van der Waals surface area contributed by atoms with E-state index in [1.807, 2.05) is 0 Å². The summed E-state index contributed by atoms with van der Waals surface area (Å²) < 4.78 is 43.6. The lowest BCUT2D eigenvalue weighted by molar-refractivity contribution is -0.147. The lowest BCUT2D eigenvalue weighted by Crippen LogP contribution is -2.33. The first-order valence-electron chi connectivity index (χ1n) is 10.9. The normalized spacial score (nSPS) is 16.2. The number of benzene rings is 2. The van der Waals surface area contributed by atoms with Gasteiger partial charge in [0.05, 0.1) is 68.4 Å². The molecule has 0 bridgehead atoms. The summed E-state index contributed by atoms with van der Waals surface area (Å²) >= 11 is 0. The Morgan fingerprint density at radius 1 is 0.639 bits per heavy atom. The van der Waals surface area contributed by atoms with Crippen molar-refractivity contribution in [2.75, 3.05) is 56.9 Å². The molecule has 2 aromatic carbocycles. The summed E-state index contributed by atoms with van der Waals surface area (Å²) in [7, 11) is 11.4. The summed E-state index contributed by atoms with van der Waals surface area (Å²) in [5.41, 5.74) is 1.82. The minimum atomic E-state index is -1.09. The first-order chi connectivity index (χ1) is 17.3. The molecule has 0 unspecified atom stereocenters. The lowest BCUT2D eigenvalue weighted by Gasteiger charge is -2.34. The number of rotatable bonds is 9. The highest BCUT2D eigenvalue weighted by Crippen LogP contribution is 2.54. The summed E-state index contributed by atoms with van der Waals surface area (Å²) in [4.78, 5) is 26.2. The molecule has 194 valence electrons. The monoisotopic (exact) mass is 502 g/mol. The zero-order valence-corrected chi connectivity index (χ0v) is 21.5. The Kier molecular flexibility index (Phi) is 8.18. The highest BCUT2D eigenvalue weighted by Gasteiger charge is 2.45. The largest absolute Gasteiger partial charge is 0.493 e. The first-order valence-corrected chi connectivity index (χ1v) is 10.9. The molecule has 2 atom stereocenters. The predicted octanol–water partition coefficient (Wildman–Crippen LogP) is 3.23. The van der Waals surface area contributed by atoms with Gasteiger partial charge in [0.2, 0.25) is 11.5 Å². The second-order valence-corrected chi connectivity index (χ2v) is 7.68. The van der Waals surface area contributed by atoms with Gasteiger partial charge in [-0.3, -0.25) is 4.79 Å². The molecule has 2 aromatic rings. The molecule has 1 aliphatic rings. The molecule has 10 heteroatoms. The van der Waals surface area contributed by atoms with Crippen LogP contribution in [0.5, 0.6) is 34.5 Å². The highest BCUT2D eigenvalue weighted by molar-refractivity contribution is 6.02. The molecule has 1 aliphatic carbocycles. The van der Waals surface area contributed by atoms with Crippen molar-refractivity contribution in [2.24, 2.45) is 5.92 Å². The Morgan fingerprint density at radius 2 is 1.17 bits per heavy atom. The number of methoxy groups -OCH3 is 8. The molecule has 0 saturated carbocycles. The summed E-state index contributed by atoms with van der Waals surface area (Å²) in [5, 5.41) is 0. The maximum atomic E-state index is 13.2. The van der Waals surface area contributed by atoms with E-state index in [1.54, 1.807) is 24.3 Å². The van der Waals surface area contributed by atoms with Gasteiger partial charge in [0.15, 0.2) is 23.0 Å². The third-order valence-corrected chi connectivity index (χ3v) is 6.11. The predicted molar refractivity (Wildman–Crippen MR) is 130 cm³/mol. The van der Waals surface area contributed by atoms with Crippen LogP contribution in [0.1, 0.15) is 22.6 Å². The maximum absolute atomic E-state index is 13.2. The van der Waals surface area contributed by atoms with Crippen LogP contribution in [-0.2, 0) is 19.1 Å². The Hall–Kier alpha value is -4.08. The van der Waals surface area contributed by atoms with Crippen molar-refractivity contribution in [1.29, 1.82) is 0 Å². The molecule has 0 spiro atoms. The molecule has 10 nitrogen and oxygen atoms in total. The van der Waals surface area contributed by atoms with Gasteiger partial charge in [0.1, 0.15) is 0 Å². The Labute approximate surface area is 209 Å². The van der Waals surface area contributed by atoms with Gasteiger partial charge in [-0.05, 0) is 35.4 Å². The summed E-state index contributed by atoms with van der Waals surface area (Å²) in [6.07, 6.45) is 1.57. The molecular formula is C26H30O10. The fraction of sp³-hybridized carbons (Fsp3) is 0.385. The van der Waals surface area contributed by atoms with Crippen molar-refractivity contribution in [3.8, 4) is 34.5 Å². The molecule has 0 heterocycles. The van der Waals surface area contributed by atoms with Crippen molar-refractivity contribution in [3.05, 3.63) is 40.5 Å². The molecule has 0 fully saturated rings. The maximum Gasteiger partial charge on any atom is 0.334 e. The SMILES string of the molecule is COC(=O)C1=Cc2cc(OC)c(OC)c(OC)c2[C@H](c2cc(OC)c(OC)c(OC)c2)[C@@H]1C(=O)OC. The van der Waals surface area contributed by atoms with E-state index in [0.717, 1.165) is 0 Å². The van der Waals surface area contributed by atoms with Gasteiger partial charge in [-0.15, -0.1) is 0 Å². The van der Waals surface area contributed by atoms with Gasteiger partial charge in [0, 0.05) is 11.5 Å². The third kappa shape index (κ3) is 4.34. The Balaban J connectivity index is 2.51. The van der Waals surface area contributed by atoms with E-state index in [4.69, 9.17) is 37.9 Å². The van der Waals surface area contributed by atoms with Crippen molar-refractivity contribution in [2.45, 2.75) is 5.92 Å². The standard InChI is InChI=1S/C26H30O10/c1-29-16-11-14(12-17(30-2)22(16)32-4)19-20-13(10-18(31-3)23(33-5)24(20)34-6)9-15(25(27)35-7)21(19)26(28)36-8/h9-12,19,21H,1-8H3/t19-,21+/m0/s1. The minimum absolute atomic E-state index is 0.102.